The third kappa shape index (κ3) is 10.1. The van der Waals surface area contributed by atoms with E-state index >= 15 is 0 Å². The first kappa shape index (κ1) is 53.6. The Morgan fingerprint density at radius 2 is 1.30 bits per heavy atom. The highest BCUT2D eigenvalue weighted by Crippen LogP contribution is 2.60. The van der Waals surface area contributed by atoms with Gasteiger partial charge in [0, 0.05) is 53.5 Å². The molecule has 2 heterocycles. The number of carbonyl (C=O) groups is 2. The van der Waals surface area contributed by atoms with E-state index in [0.29, 0.717) is 29.4 Å². The van der Waals surface area contributed by atoms with Gasteiger partial charge >= 0.3 is 11.9 Å². The largest absolute Gasteiger partial charge is 0.493 e. The summed E-state index contributed by atoms with van der Waals surface area (Å²) in [6.45, 7) is 6.43. The first-order valence-corrected chi connectivity index (χ1v) is 29.3. The van der Waals surface area contributed by atoms with Crippen molar-refractivity contribution in [1.29, 1.82) is 0 Å². The standard InChI is InChI=1S/C72H70FNO7/c1-5-7-9-14-47-17-19-48(20-18-47)49-21-23-50(24-22-49)51-25-27-52(28-26-51)69(75)79-58-39-29-53(30-40-58)70(76)80-65-45-61-62(46-64(65)77-3)68-60(67-66(61)59-15-10-11-16-63(59)71(67,6-2)78-4)41-42-72(81-68,54-31-35-56(73)36-32-54)55-33-37-57(38-34-55)74-43-12-8-13-44-74/h10-11,15-16,21-42,45-48H,5-9,12-14,17-20,43-44H2,1-4H3. The number of ether oxygens (including phenoxy) is 5. The first-order chi connectivity index (χ1) is 39.6. The monoisotopic (exact) mass is 1080 g/mol. The van der Waals surface area contributed by atoms with Crippen molar-refractivity contribution in [2.75, 3.05) is 32.2 Å². The molecular weight excluding hydrogens is 1010 g/mol. The van der Waals surface area contributed by atoms with Crippen LogP contribution in [-0.4, -0.2) is 39.2 Å². The third-order valence-electron chi connectivity index (χ3n) is 17.9. The van der Waals surface area contributed by atoms with Gasteiger partial charge in [-0.25, -0.2) is 14.0 Å². The number of fused-ring (bicyclic) bond motifs is 8. The minimum Gasteiger partial charge on any atom is -0.493 e. The van der Waals surface area contributed by atoms with Crippen molar-refractivity contribution in [2.24, 2.45) is 5.92 Å². The van der Waals surface area contributed by atoms with Crippen LogP contribution in [0, 0.1) is 11.7 Å². The van der Waals surface area contributed by atoms with Gasteiger partial charge in [-0.2, -0.15) is 0 Å². The minimum atomic E-state index is -1.17. The van der Waals surface area contributed by atoms with Gasteiger partial charge in [-0.15, -0.1) is 0 Å². The molecule has 0 spiro atoms. The molecule has 4 aliphatic rings. The van der Waals surface area contributed by atoms with E-state index in [1.165, 1.54) is 75.5 Å². The molecule has 2 aliphatic carbocycles. The molecule has 0 bridgehead atoms. The van der Waals surface area contributed by atoms with Crippen LogP contribution in [-0.2, 0) is 15.9 Å². The fraction of sp³-hybridized carbons (Fsp3) is 0.306. The number of esters is 2. The van der Waals surface area contributed by atoms with Crippen LogP contribution in [0.1, 0.15) is 151 Å². The lowest BCUT2D eigenvalue weighted by Gasteiger charge is -2.39. The highest BCUT2D eigenvalue weighted by Gasteiger charge is 2.48. The number of hydrogen-bond acceptors (Lipinski definition) is 8. The summed E-state index contributed by atoms with van der Waals surface area (Å²) in [5, 5.41) is 1.50. The van der Waals surface area contributed by atoms with Gasteiger partial charge in [0.1, 0.15) is 22.9 Å². The van der Waals surface area contributed by atoms with E-state index in [9.17, 15) is 14.0 Å². The van der Waals surface area contributed by atoms with E-state index in [4.69, 9.17) is 23.7 Å². The Morgan fingerprint density at radius 3 is 1.95 bits per heavy atom. The molecular formula is C72H70FNO7. The lowest BCUT2D eigenvalue weighted by molar-refractivity contribution is 0.0219. The highest BCUT2D eigenvalue weighted by atomic mass is 19.1. The SMILES string of the molecule is CCCCCC1CCC(c2ccc(-c3ccc(C(=O)Oc4ccc(C(=O)Oc5cc6c7c(c8c(c6cc5OC)OC(c5ccc(F)cc5)(c5ccc(N6CCCCC6)cc5)C=C8)C(CC)(OC)c5ccccc5-7)cc4)cc3)cc2)CC1. The number of nitrogens with zero attached hydrogens (tertiary/aromatic N) is 1. The summed E-state index contributed by atoms with van der Waals surface area (Å²) >= 11 is 0. The maximum atomic E-state index is 14.7. The fourth-order valence-corrected chi connectivity index (χ4v) is 13.4. The lowest BCUT2D eigenvalue weighted by Crippen LogP contribution is -2.36. The Bertz CT molecular complexity index is 3610. The molecule has 8 nitrogen and oxygen atoms in total. The zero-order valence-corrected chi connectivity index (χ0v) is 46.9. The Morgan fingerprint density at radius 1 is 0.667 bits per heavy atom. The van der Waals surface area contributed by atoms with Gasteiger partial charge < -0.3 is 28.6 Å². The molecule has 9 heteroatoms. The van der Waals surface area contributed by atoms with Crippen LogP contribution in [0.15, 0.2) is 164 Å². The van der Waals surface area contributed by atoms with Gasteiger partial charge in [-0.05, 0) is 181 Å². The molecule has 2 fully saturated rings. The van der Waals surface area contributed by atoms with Crippen molar-refractivity contribution in [3.05, 3.63) is 214 Å². The van der Waals surface area contributed by atoms with Crippen LogP contribution < -0.4 is 23.8 Å². The molecule has 0 N–H and O–H groups in total. The number of carbonyl (C=O) groups excluding carboxylic acids is 2. The number of unbranched alkanes of at least 4 members (excludes halogenated alkanes) is 2. The summed E-state index contributed by atoms with van der Waals surface area (Å²) in [7, 11) is 3.29. The van der Waals surface area contributed by atoms with Gasteiger partial charge in [0.15, 0.2) is 17.1 Å². The second-order valence-corrected chi connectivity index (χ2v) is 22.5. The zero-order chi connectivity index (χ0) is 55.7. The highest BCUT2D eigenvalue weighted by molar-refractivity contribution is 6.10. The van der Waals surface area contributed by atoms with Crippen molar-refractivity contribution in [3.63, 3.8) is 0 Å². The number of anilines is 1. The topological polar surface area (TPSA) is 83.5 Å². The summed E-state index contributed by atoms with van der Waals surface area (Å²) in [4.78, 5) is 30.1. The van der Waals surface area contributed by atoms with Gasteiger partial charge in [0.25, 0.3) is 0 Å². The molecule has 12 rings (SSSR count). The van der Waals surface area contributed by atoms with E-state index in [1.54, 1.807) is 62.8 Å². The first-order valence-electron chi connectivity index (χ1n) is 29.3. The van der Waals surface area contributed by atoms with Crippen molar-refractivity contribution in [3.8, 4) is 45.3 Å². The molecule has 2 unspecified atom stereocenters. The Kier molecular flexibility index (Phi) is 15.1. The number of rotatable bonds is 16. The van der Waals surface area contributed by atoms with Crippen LogP contribution in [0.4, 0.5) is 10.1 Å². The molecule has 0 aromatic heterocycles. The number of benzene rings is 8. The van der Waals surface area contributed by atoms with Crippen LogP contribution in [0.2, 0.25) is 0 Å². The Balaban J connectivity index is 0.813. The van der Waals surface area contributed by atoms with Crippen LogP contribution in [0.5, 0.6) is 23.0 Å². The Labute approximate surface area is 475 Å². The van der Waals surface area contributed by atoms with Crippen LogP contribution in [0.3, 0.4) is 0 Å². The number of halogens is 1. The fourth-order valence-electron chi connectivity index (χ4n) is 13.4. The summed E-state index contributed by atoms with van der Waals surface area (Å²) in [6, 6.07) is 49.8. The van der Waals surface area contributed by atoms with Gasteiger partial charge in [-0.3, -0.25) is 0 Å². The molecule has 0 radical (unpaired) electrons. The van der Waals surface area contributed by atoms with Crippen molar-refractivity contribution < 1.29 is 37.7 Å². The predicted octanol–water partition coefficient (Wildman–Crippen LogP) is 17.6. The maximum Gasteiger partial charge on any atom is 0.343 e. The van der Waals surface area contributed by atoms with Gasteiger partial charge in [0.2, 0.25) is 0 Å². The summed E-state index contributed by atoms with van der Waals surface area (Å²) < 4.78 is 47.1. The van der Waals surface area contributed by atoms with Crippen molar-refractivity contribution in [1.82, 2.24) is 0 Å². The molecule has 0 amide bonds. The zero-order valence-electron chi connectivity index (χ0n) is 46.9. The molecule has 8 aromatic carbocycles. The third-order valence-corrected chi connectivity index (χ3v) is 17.9. The van der Waals surface area contributed by atoms with Crippen LogP contribution in [0.25, 0.3) is 39.1 Å². The molecule has 412 valence electrons. The molecule has 8 aromatic rings. The van der Waals surface area contributed by atoms with E-state index in [0.717, 1.165) is 98.4 Å². The molecule has 2 aliphatic heterocycles. The summed E-state index contributed by atoms with van der Waals surface area (Å²) in [5.41, 5.74) is 9.73. The smallest absolute Gasteiger partial charge is 0.343 e. The van der Waals surface area contributed by atoms with E-state index in [-0.39, 0.29) is 22.9 Å². The minimum absolute atomic E-state index is 0.204. The predicted molar refractivity (Wildman–Crippen MR) is 320 cm³/mol. The number of methoxy groups -OCH3 is 2. The van der Waals surface area contributed by atoms with Crippen LogP contribution >= 0.6 is 0 Å². The van der Waals surface area contributed by atoms with E-state index in [2.05, 4.69) is 91.6 Å². The van der Waals surface area contributed by atoms with Crippen molar-refractivity contribution >= 4 is 34.5 Å². The molecule has 2 atom stereocenters. The second-order valence-electron chi connectivity index (χ2n) is 22.5. The van der Waals surface area contributed by atoms with Gasteiger partial charge in [0.05, 0.1) is 18.2 Å². The second kappa shape index (κ2) is 22.9. The average molecular weight is 1080 g/mol. The molecule has 1 saturated heterocycles. The summed E-state index contributed by atoms with van der Waals surface area (Å²) in [6.07, 6.45) is 19.0. The Hall–Kier alpha value is -8.01. The van der Waals surface area contributed by atoms with Crippen molar-refractivity contribution in [2.45, 2.75) is 108 Å². The van der Waals surface area contributed by atoms with E-state index in [1.807, 2.05) is 36.4 Å². The van der Waals surface area contributed by atoms with Gasteiger partial charge in [-0.1, -0.05) is 131 Å². The lowest BCUT2D eigenvalue weighted by atomic mass is 9.77. The van der Waals surface area contributed by atoms with E-state index < -0.39 is 23.1 Å². The average Bonchev–Trinajstić information content (AvgIpc) is 3.97. The quantitative estimate of drug-likeness (QED) is 0.0538. The molecule has 81 heavy (non-hydrogen) atoms. The molecule has 1 saturated carbocycles. The maximum absolute atomic E-state index is 14.7. The normalized spacial score (nSPS) is 20.0. The number of hydrogen-bond donors (Lipinski definition) is 0. The number of piperidine rings is 1. The summed E-state index contributed by atoms with van der Waals surface area (Å²) in [5.74, 6) is 1.43.